The van der Waals surface area contributed by atoms with Gasteiger partial charge in [0.1, 0.15) is 0 Å². The number of rotatable bonds is 4. The molecule has 0 aromatic carbocycles. The smallest absolute Gasteiger partial charge is 0.0764 e. The number of hydrazine groups is 1. The Morgan fingerprint density at radius 1 is 1.56 bits per heavy atom. The number of hydrogen-bond acceptors (Lipinski definition) is 3. The second kappa shape index (κ2) is 3.82. The van der Waals surface area contributed by atoms with Crippen molar-refractivity contribution in [2.24, 2.45) is 5.84 Å². The van der Waals surface area contributed by atoms with E-state index in [9.17, 15) is 0 Å². The minimum absolute atomic E-state index is 0.135. The molecule has 0 radical (unpaired) electrons. The van der Waals surface area contributed by atoms with E-state index < -0.39 is 0 Å². The Balaban J connectivity index is 3.43. The van der Waals surface area contributed by atoms with E-state index >= 15 is 0 Å². The Bertz CT molecular complexity index is 65.5. The van der Waals surface area contributed by atoms with Crippen LogP contribution in [-0.4, -0.2) is 18.8 Å². The van der Waals surface area contributed by atoms with Crippen molar-refractivity contribution < 1.29 is 4.74 Å². The molecule has 3 heteroatoms. The van der Waals surface area contributed by atoms with E-state index in [-0.39, 0.29) is 5.60 Å². The van der Waals surface area contributed by atoms with Crippen molar-refractivity contribution in [1.29, 1.82) is 0 Å². The minimum Gasteiger partial charge on any atom is -0.374 e. The normalized spacial score (nSPS) is 12.0. The molecule has 0 atom stereocenters. The zero-order chi connectivity index (χ0) is 7.33. The van der Waals surface area contributed by atoms with Crippen LogP contribution in [0.2, 0.25) is 0 Å². The SMILES string of the molecule is CCOC(C)(C)CNN. The highest BCUT2D eigenvalue weighted by molar-refractivity contribution is 4.68. The van der Waals surface area contributed by atoms with Gasteiger partial charge in [0, 0.05) is 13.2 Å². The van der Waals surface area contributed by atoms with Crippen LogP contribution in [0.4, 0.5) is 0 Å². The Kier molecular flexibility index (Phi) is 3.77. The molecule has 0 aliphatic carbocycles. The zero-order valence-corrected chi connectivity index (χ0v) is 6.40. The molecule has 0 aromatic rings. The largest absolute Gasteiger partial charge is 0.374 e. The summed E-state index contributed by atoms with van der Waals surface area (Å²) in [7, 11) is 0. The van der Waals surface area contributed by atoms with Gasteiger partial charge in [0.2, 0.25) is 0 Å². The van der Waals surface area contributed by atoms with Gasteiger partial charge >= 0.3 is 0 Å². The van der Waals surface area contributed by atoms with Crippen molar-refractivity contribution >= 4 is 0 Å². The summed E-state index contributed by atoms with van der Waals surface area (Å²) in [5.41, 5.74) is 2.43. The lowest BCUT2D eigenvalue weighted by molar-refractivity contribution is -0.00864. The van der Waals surface area contributed by atoms with E-state index in [0.717, 1.165) is 6.61 Å². The Labute approximate surface area is 56.5 Å². The second-order valence-corrected chi connectivity index (χ2v) is 2.57. The third-order valence-corrected chi connectivity index (χ3v) is 1.06. The van der Waals surface area contributed by atoms with Crippen LogP contribution in [0.3, 0.4) is 0 Å². The maximum Gasteiger partial charge on any atom is 0.0764 e. The highest BCUT2D eigenvalue weighted by Crippen LogP contribution is 2.05. The molecule has 56 valence electrons. The first-order chi connectivity index (χ1) is 4.12. The Morgan fingerprint density at radius 3 is 2.44 bits per heavy atom. The standard InChI is InChI=1S/C6H16N2O/c1-4-9-6(2,3)5-8-7/h8H,4-5,7H2,1-3H3. The van der Waals surface area contributed by atoms with Crippen molar-refractivity contribution in [1.82, 2.24) is 5.43 Å². The molecule has 0 rings (SSSR count). The van der Waals surface area contributed by atoms with Crippen molar-refractivity contribution in [3.63, 3.8) is 0 Å². The number of nitrogens with two attached hydrogens (primary N) is 1. The van der Waals surface area contributed by atoms with E-state index in [4.69, 9.17) is 10.6 Å². The lowest BCUT2D eigenvalue weighted by atomic mass is 10.1. The van der Waals surface area contributed by atoms with Gasteiger partial charge in [0.05, 0.1) is 5.60 Å². The van der Waals surface area contributed by atoms with E-state index in [0.29, 0.717) is 6.54 Å². The van der Waals surface area contributed by atoms with Gasteiger partial charge in [-0.25, -0.2) is 0 Å². The fraction of sp³-hybridized carbons (Fsp3) is 1.00. The third-order valence-electron chi connectivity index (χ3n) is 1.06. The average molecular weight is 132 g/mol. The summed E-state index contributed by atoms with van der Waals surface area (Å²) in [5.74, 6) is 5.11. The summed E-state index contributed by atoms with van der Waals surface area (Å²) in [5, 5.41) is 0. The predicted octanol–water partition coefficient (Wildman–Crippen LogP) is 0.265. The molecule has 3 nitrogen and oxygen atoms in total. The van der Waals surface area contributed by atoms with E-state index in [1.807, 2.05) is 20.8 Å². The Hall–Kier alpha value is -0.120. The summed E-state index contributed by atoms with van der Waals surface area (Å²) in [4.78, 5) is 0. The van der Waals surface area contributed by atoms with Crippen LogP contribution < -0.4 is 11.3 Å². The van der Waals surface area contributed by atoms with E-state index in [2.05, 4.69) is 5.43 Å². The van der Waals surface area contributed by atoms with Crippen LogP contribution in [0.5, 0.6) is 0 Å². The molecule has 0 amide bonds. The van der Waals surface area contributed by atoms with Crippen molar-refractivity contribution in [3.8, 4) is 0 Å². The molecule has 0 saturated carbocycles. The lowest BCUT2D eigenvalue weighted by Gasteiger charge is -2.23. The lowest BCUT2D eigenvalue weighted by Crippen LogP contribution is -2.40. The van der Waals surface area contributed by atoms with Gasteiger partial charge < -0.3 is 4.74 Å². The Morgan fingerprint density at radius 2 is 2.11 bits per heavy atom. The summed E-state index contributed by atoms with van der Waals surface area (Å²) in [6.45, 7) is 7.38. The van der Waals surface area contributed by atoms with Gasteiger partial charge in [-0.2, -0.15) is 0 Å². The molecule has 0 bridgehead atoms. The molecule has 0 aromatic heterocycles. The fourth-order valence-electron chi connectivity index (χ4n) is 0.688. The maximum atomic E-state index is 5.33. The molecule has 0 fully saturated rings. The number of ether oxygens (including phenoxy) is 1. The van der Waals surface area contributed by atoms with Crippen LogP contribution in [0.15, 0.2) is 0 Å². The predicted molar refractivity (Wildman–Crippen MR) is 37.9 cm³/mol. The molecular weight excluding hydrogens is 116 g/mol. The summed E-state index contributed by atoms with van der Waals surface area (Å²) in [6, 6.07) is 0. The monoisotopic (exact) mass is 132 g/mol. The number of nitrogens with one attached hydrogen (secondary N) is 1. The van der Waals surface area contributed by atoms with E-state index in [1.165, 1.54) is 0 Å². The average Bonchev–Trinajstić information content (AvgIpc) is 1.64. The fourth-order valence-corrected chi connectivity index (χ4v) is 0.688. The second-order valence-electron chi connectivity index (χ2n) is 2.57. The number of hydrogen-bond donors (Lipinski definition) is 2. The van der Waals surface area contributed by atoms with Gasteiger partial charge in [0.15, 0.2) is 0 Å². The quantitative estimate of drug-likeness (QED) is 0.426. The van der Waals surface area contributed by atoms with Gasteiger partial charge in [-0.3, -0.25) is 11.3 Å². The highest BCUT2D eigenvalue weighted by Gasteiger charge is 2.15. The molecule has 9 heavy (non-hydrogen) atoms. The van der Waals surface area contributed by atoms with Crippen LogP contribution in [0.1, 0.15) is 20.8 Å². The maximum absolute atomic E-state index is 5.33. The zero-order valence-electron chi connectivity index (χ0n) is 6.40. The molecule has 0 spiro atoms. The third kappa shape index (κ3) is 4.39. The van der Waals surface area contributed by atoms with Crippen LogP contribution in [-0.2, 0) is 4.74 Å². The summed E-state index contributed by atoms with van der Waals surface area (Å²) in [6.07, 6.45) is 0. The first kappa shape index (κ1) is 8.88. The van der Waals surface area contributed by atoms with Gasteiger partial charge in [-0.1, -0.05) is 0 Å². The highest BCUT2D eigenvalue weighted by atomic mass is 16.5. The molecule has 0 heterocycles. The topological polar surface area (TPSA) is 47.3 Å². The molecule has 0 unspecified atom stereocenters. The van der Waals surface area contributed by atoms with Crippen LogP contribution in [0, 0.1) is 0 Å². The van der Waals surface area contributed by atoms with Crippen molar-refractivity contribution in [2.45, 2.75) is 26.4 Å². The van der Waals surface area contributed by atoms with E-state index in [1.54, 1.807) is 0 Å². The van der Waals surface area contributed by atoms with Crippen LogP contribution >= 0.6 is 0 Å². The minimum atomic E-state index is -0.135. The van der Waals surface area contributed by atoms with Crippen LogP contribution in [0.25, 0.3) is 0 Å². The molecule has 0 aliphatic rings. The molecule has 0 aliphatic heterocycles. The van der Waals surface area contributed by atoms with Gasteiger partial charge in [0.25, 0.3) is 0 Å². The van der Waals surface area contributed by atoms with Gasteiger partial charge in [-0.15, -0.1) is 0 Å². The van der Waals surface area contributed by atoms with Gasteiger partial charge in [-0.05, 0) is 20.8 Å². The first-order valence-electron chi connectivity index (χ1n) is 3.20. The molecule has 0 saturated heterocycles. The summed E-state index contributed by atoms with van der Waals surface area (Å²) < 4.78 is 5.33. The first-order valence-corrected chi connectivity index (χ1v) is 3.20. The van der Waals surface area contributed by atoms with Crippen molar-refractivity contribution in [2.75, 3.05) is 13.2 Å². The van der Waals surface area contributed by atoms with Crippen molar-refractivity contribution in [3.05, 3.63) is 0 Å². The molecule has 3 N–H and O–H groups in total. The molecular formula is C6H16N2O. The summed E-state index contributed by atoms with van der Waals surface area (Å²) >= 11 is 0.